The first kappa shape index (κ1) is 23.3. The van der Waals surface area contributed by atoms with E-state index in [-0.39, 0.29) is 11.3 Å². The highest BCUT2D eigenvalue weighted by Gasteiger charge is 2.45. The zero-order valence-electron chi connectivity index (χ0n) is 18.7. The number of hydrogen-bond acceptors (Lipinski definition) is 5. The summed E-state index contributed by atoms with van der Waals surface area (Å²) in [5, 5.41) is 11.0. The summed E-state index contributed by atoms with van der Waals surface area (Å²) in [6, 6.07) is 15.4. The number of ether oxygens (including phenoxy) is 1. The fourth-order valence-electron chi connectivity index (χ4n) is 3.90. The van der Waals surface area contributed by atoms with Crippen molar-refractivity contribution in [2.45, 2.75) is 19.9 Å². The van der Waals surface area contributed by atoms with Crippen LogP contribution in [0.4, 0.5) is 0 Å². The number of carbonyl (C=O) groups excluding carboxylic acids is 2. The number of benzene rings is 2. The summed E-state index contributed by atoms with van der Waals surface area (Å²) in [5.74, 6) is -0.752. The van der Waals surface area contributed by atoms with Gasteiger partial charge in [-0.1, -0.05) is 69.0 Å². The number of rotatable bonds is 10. The maximum Gasteiger partial charge on any atom is 0.295 e. The molecule has 6 heteroatoms. The molecule has 0 bridgehead atoms. The van der Waals surface area contributed by atoms with Gasteiger partial charge in [-0.25, -0.2) is 0 Å². The minimum Gasteiger partial charge on any atom is -0.507 e. The van der Waals surface area contributed by atoms with Crippen LogP contribution >= 0.6 is 0 Å². The van der Waals surface area contributed by atoms with Crippen molar-refractivity contribution in [2.75, 3.05) is 32.8 Å². The molecule has 3 rings (SSSR count). The first-order chi connectivity index (χ1) is 15.5. The molecule has 1 N–H and O–H groups in total. The summed E-state index contributed by atoms with van der Waals surface area (Å²) in [6.07, 6.45) is 1.66. The quantitative estimate of drug-likeness (QED) is 0.265. The lowest BCUT2D eigenvalue weighted by Crippen LogP contribution is -2.38. The van der Waals surface area contributed by atoms with Gasteiger partial charge >= 0.3 is 0 Å². The maximum atomic E-state index is 13.0. The fourth-order valence-corrected chi connectivity index (χ4v) is 3.90. The number of amides is 1. The molecule has 168 valence electrons. The van der Waals surface area contributed by atoms with Gasteiger partial charge in [0.25, 0.3) is 11.7 Å². The molecule has 1 aliphatic heterocycles. The van der Waals surface area contributed by atoms with E-state index in [2.05, 4.69) is 25.3 Å². The Hall–Kier alpha value is -3.38. The molecule has 0 radical (unpaired) electrons. The van der Waals surface area contributed by atoms with Gasteiger partial charge in [0.15, 0.2) is 0 Å². The van der Waals surface area contributed by atoms with Crippen LogP contribution in [0.1, 0.15) is 31.0 Å². The van der Waals surface area contributed by atoms with E-state index in [1.54, 1.807) is 47.4 Å². The van der Waals surface area contributed by atoms with Crippen molar-refractivity contribution in [1.82, 2.24) is 9.80 Å². The van der Waals surface area contributed by atoms with E-state index in [9.17, 15) is 14.7 Å². The SMILES string of the molecule is C=CCOc1ccc([C@H]2C(=C(O)c3ccccc3)C(=O)C(=O)N2CCN(CC)CC)cc1. The molecule has 2 aromatic rings. The van der Waals surface area contributed by atoms with Gasteiger partial charge < -0.3 is 19.6 Å². The lowest BCUT2D eigenvalue weighted by molar-refractivity contribution is -0.140. The summed E-state index contributed by atoms with van der Waals surface area (Å²) in [6.45, 7) is 10.9. The molecule has 0 saturated carbocycles. The lowest BCUT2D eigenvalue weighted by Gasteiger charge is -2.28. The number of ketones is 1. The molecule has 1 aliphatic rings. The van der Waals surface area contributed by atoms with Crippen LogP contribution < -0.4 is 4.74 Å². The molecular formula is C26H30N2O4. The summed E-state index contributed by atoms with van der Waals surface area (Å²) in [5.41, 5.74) is 1.36. The second-order valence-corrected chi connectivity index (χ2v) is 7.55. The van der Waals surface area contributed by atoms with Crippen molar-refractivity contribution >= 4 is 17.4 Å². The van der Waals surface area contributed by atoms with Crippen LogP contribution in [0.2, 0.25) is 0 Å². The van der Waals surface area contributed by atoms with Crippen molar-refractivity contribution in [2.24, 2.45) is 0 Å². The number of aliphatic hydroxyl groups excluding tert-OH is 1. The highest BCUT2D eigenvalue weighted by atomic mass is 16.5. The average Bonchev–Trinajstić information content (AvgIpc) is 3.08. The molecule has 0 aromatic heterocycles. The highest BCUT2D eigenvalue weighted by Crippen LogP contribution is 2.39. The Morgan fingerprint density at radius 2 is 1.75 bits per heavy atom. The van der Waals surface area contributed by atoms with Crippen molar-refractivity contribution in [3.8, 4) is 5.75 Å². The van der Waals surface area contributed by atoms with E-state index in [0.717, 1.165) is 18.7 Å². The normalized spacial score (nSPS) is 17.7. The highest BCUT2D eigenvalue weighted by molar-refractivity contribution is 6.46. The average molecular weight is 435 g/mol. The molecule has 6 nitrogen and oxygen atoms in total. The van der Waals surface area contributed by atoms with Crippen LogP contribution in [-0.2, 0) is 9.59 Å². The number of likely N-dealkylation sites (tertiary alicyclic amines) is 1. The Bertz CT molecular complexity index is 979. The number of nitrogens with zero attached hydrogens (tertiary/aromatic N) is 2. The van der Waals surface area contributed by atoms with Crippen molar-refractivity contribution < 1.29 is 19.4 Å². The summed E-state index contributed by atoms with van der Waals surface area (Å²) in [7, 11) is 0. The third-order valence-electron chi connectivity index (χ3n) is 5.70. The molecule has 0 spiro atoms. The minimum atomic E-state index is -0.667. The molecule has 32 heavy (non-hydrogen) atoms. The molecule has 1 heterocycles. The van der Waals surface area contributed by atoms with E-state index < -0.39 is 17.7 Å². The molecule has 2 aromatic carbocycles. The molecule has 0 unspecified atom stereocenters. The molecule has 1 fully saturated rings. The van der Waals surface area contributed by atoms with Gasteiger partial charge in [0.2, 0.25) is 0 Å². The largest absolute Gasteiger partial charge is 0.507 e. The molecule has 1 saturated heterocycles. The third-order valence-corrected chi connectivity index (χ3v) is 5.70. The third kappa shape index (κ3) is 4.92. The van der Waals surface area contributed by atoms with Crippen molar-refractivity contribution in [3.05, 3.63) is 84.0 Å². The van der Waals surface area contributed by atoms with Crippen LogP contribution in [-0.4, -0.2) is 59.4 Å². The van der Waals surface area contributed by atoms with Crippen LogP contribution in [0.15, 0.2) is 72.8 Å². The number of aliphatic hydroxyl groups is 1. The Balaban J connectivity index is 2.04. The summed E-state index contributed by atoms with van der Waals surface area (Å²) >= 11 is 0. The monoisotopic (exact) mass is 434 g/mol. The summed E-state index contributed by atoms with van der Waals surface area (Å²) < 4.78 is 5.56. The Morgan fingerprint density at radius 1 is 1.09 bits per heavy atom. The van der Waals surface area contributed by atoms with Crippen LogP contribution in [0.3, 0.4) is 0 Å². The number of hydrogen-bond donors (Lipinski definition) is 1. The zero-order valence-corrected chi connectivity index (χ0v) is 18.7. The maximum absolute atomic E-state index is 13.0. The van der Waals surface area contributed by atoms with Gasteiger partial charge in [0.1, 0.15) is 18.1 Å². The predicted molar refractivity (Wildman–Crippen MR) is 125 cm³/mol. The smallest absolute Gasteiger partial charge is 0.295 e. The van der Waals surface area contributed by atoms with Gasteiger partial charge in [-0.3, -0.25) is 9.59 Å². The van der Waals surface area contributed by atoms with Crippen molar-refractivity contribution in [1.29, 1.82) is 0 Å². The van der Waals surface area contributed by atoms with Crippen LogP contribution in [0.25, 0.3) is 5.76 Å². The summed E-state index contributed by atoms with van der Waals surface area (Å²) in [4.78, 5) is 29.8. The van der Waals surface area contributed by atoms with E-state index in [1.807, 2.05) is 18.2 Å². The Morgan fingerprint density at radius 3 is 2.34 bits per heavy atom. The second kappa shape index (κ2) is 10.8. The number of carbonyl (C=O) groups is 2. The van der Waals surface area contributed by atoms with E-state index in [1.165, 1.54) is 0 Å². The van der Waals surface area contributed by atoms with Gasteiger partial charge in [0, 0.05) is 18.7 Å². The first-order valence-electron chi connectivity index (χ1n) is 10.9. The molecule has 1 atom stereocenters. The first-order valence-corrected chi connectivity index (χ1v) is 10.9. The fraction of sp³-hybridized carbons (Fsp3) is 0.308. The second-order valence-electron chi connectivity index (χ2n) is 7.55. The van der Waals surface area contributed by atoms with Gasteiger partial charge in [-0.15, -0.1) is 0 Å². The van der Waals surface area contributed by atoms with Crippen LogP contribution in [0, 0.1) is 0 Å². The lowest BCUT2D eigenvalue weighted by atomic mass is 9.95. The van der Waals surface area contributed by atoms with Gasteiger partial charge in [-0.05, 0) is 30.8 Å². The predicted octanol–water partition coefficient (Wildman–Crippen LogP) is 4.01. The Kier molecular flexibility index (Phi) is 7.84. The Labute approximate surface area is 189 Å². The standard InChI is InChI=1S/C26H30N2O4/c1-4-18-32-21-14-12-19(13-15-21)23-22(24(29)20-10-8-7-9-11-20)25(30)26(31)28(23)17-16-27(5-2)6-3/h4,7-15,23,29H,1,5-6,16-18H2,2-3H3/t23-/m0/s1. The number of likely N-dealkylation sites (N-methyl/N-ethyl adjacent to an activating group) is 1. The van der Waals surface area contributed by atoms with E-state index in [0.29, 0.717) is 31.0 Å². The topological polar surface area (TPSA) is 70.1 Å². The minimum absolute atomic E-state index is 0.112. The van der Waals surface area contributed by atoms with E-state index >= 15 is 0 Å². The number of Topliss-reactive ketones (excluding diaryl/α,β-unsaturated/α-hetero) is 1. The molecule has 1 amide bonds. The van der Waals surface area contributed by atoms with Crippen LogP contribution in [0.5, 0.6) is 5.75 Å². The molecule has 0 aliphatic carbocycles. The van der Waals surface area contributed by atoms with Crippen molar-refractivity contribution in [3.63, 3.8) is 0 Å². The van der Waals surface area contributed by atoms with Gasteiger partial charge in [-0.2, -0.15) is 0 Å². The zero-order chi connectivity index (χ0) is 23.1. The molecular weight excluding hydrogens is 404 g/mol. The van der Waals surface area contributed by atoms with Gasteiger partial charge in [0.05, 0.1) is 11.6 Å². The van der Waals surface area contributed by atoms with E-state index in [4.69, 9.17) is 4.74 Å².